The number of carbonyl (C=O) groups excluding carboxylic acids is 1. The first-order chi connectivity index (χ1) is 12.4. The first kappa shape index (κ1) is 27.1. The molecule has 0 bridgehead atoms. The summed E-state index contributed by atoms with van der Waals surface area (Å²) in [5.74, 6) is 0.155. The van der Waals surface area contributed by atoms with Crippen molar-refractivity contribution in [2.24, 2.45) is 0 Å². The van der Waals surface area contributed by atoms with Gasteiger partial charge in [-0.1, -0.05) is 61.4 Å². The molecule has 0 aliphatic heterocycles. The molecule has 0 aliphatic carbocycles. The fourth-order valence-corrected chi connectivity index (χ4v) is 3.40. The first-order valence-electron chi connectivity index (χ1n) is 9.47. The van der Waals surface area contributed by atoms with E-state index in [0.717, 1.165) is 19.0 Å². The van der Waals surface area contributed by atoms with Crippen molar-refractivity contribution in [3.05, 3.63) is 58.7 Å². The molecule has 3 heteroatoms. The van der Waals surface area contributed by atoms with Crippen LogP contribution in [0.4, 0.5) is 0 Å². The van der Waals surface area contributed by atoms with Crippen molar-refractivity contribution in [3.8, 4) is 0 Å². The summed E-state index contributed by atoms with van der Waals surface area (Å²) >= 11 is 4.20. The highest BCUT2D eigenvalue weighted by Gasteiger charge is 2.06. The molecule has 0 spiro atoms. The summed E-state index contributed by atoms with van der Waals surface area (Å²) in [6.07, 6.45) is 1.18. The van der Waals surface area contributed by atoms with Crippen LogP contribution in [0.15, 0.2) is 41.3 Å². The minimum Gasteiger partial charge on any atom is -0.295 e. The number of hydrogen-bond acceptors (Lipinski definition) is 2. The van der Waals surface area contributed by atoms with Crippen molar-refractivity contribution in [1.29, 1.82) is 0 Å². The van der Waals surface area contributed by atoms with Crippen molar-refractivity contribution in [3.63, 3.8) is 0 Å². The third-order valence-corrected chi connectivity index (χ3v) is 5.41. The van der Waals surface area contributed by atoms with E-state index in [1.807, 2.05) is 71.0 Å². The molecule has 0 amide bonds. The molecule has 0 aromatic heterocycles. The lowest BCUT2D eigenvalue weighted by atomic mass is 10.0. The zero-order valence-electron chi connectivity index (χ0n) is 18.0. The van der Waals surface area contributed by atoms with Crippen LogP contribution in [0.1, 0.15) is 68.6 Å². The van der Waals surface area contributed by atoms with Crippen molar-refractivity contribution < 1.29 is 4.79 Å². The summed E-state index contributed by atoms with van der Waals surface area (Å²) in [4.78, 5) is 12.3. The molecule has 2 aromatic rings. The Balaban J connectivity index is 0. The van der Waals surface area contributed by atoms with E-state index in [1.54, 1.807) is 6.92 Å². The van der Waals surface area contributed by atoms with Crippen LogP contribution in [0.3, 0.4) is 0 Å². The van der Waals surface area contributed by atoms with E-state index >= 15 is 0 Å². The van der Waals surface area contributed by atoms with Gasteiger partial charge in [0, 0.05) is 10.5 Å². The van der Waals surface area contributed by atoms with Crippen molar-refractivity contribution in [2.45, 2.75) is 67.2 Å². The maximum absolute atomic E-state index is 11.2. The first-order valence-corrected chi connectivity index (χ1v) is 11.1. The Morgan fingerprint density at radius 2 is 1.38 bits per heavy atom. The zero-order chi connectivity index (χ0) is 20.7. The molecule has 2 rings (SSSR count). The van der Waals surface area contributed by atoms with Gasteiger partial charge in [0.2, 0.25) is 0 Å². The number of thiol groups is 1. The van der Waals surface area contributed by atoms with Crippen LogP contribution in [0.5, 0.6) is 0 Å². The summed E-state index contributed by atoms with van der Waals surface area (Å²) in [7, 11) is 0.863. The molecule has 0 N–H and O–H groups in total. The van der Waals surface area contributed by atoms with Gasteiger partial charge in [0.1, 0.15) is 0 Å². The monoisotopic (exact) mass is 392 g/mol. The van der Waals surface area contributed by atoms with Crippen LogP contribution < -0.4 is 5.30 Å². The summed E-state index contributed by atoms with van der Waals surface area (Å²) in [5.41, 5.74) is 4.59. The van der Waals surface area contributed by atoms with E-state index in [1.165, 1.54) is 28.2 Å². The van der Waals surface area contributed by atoms with Crippen LogP contribution in [-0.4, -0.2) is 11.9 Å². The smallest absolute Gasteiger partial charge is 0.159 e. The van der Waals surface area contributed by atoms with E-state index in [4.69, 9.17) is 0 Å². The second kappa shape index (κ2) is 16.1. The highest BCUT2D eigenvalue weighted by Crippen LogP contribution is 2.18. The molecule has 26 heavy (non-hydrogen) atoms. The Kier molecular flexibility index (Phi) is 16.8. The molecule has 146 valence electrons. The Hall–Kier alpha value is -1.11. The Morgan fingerprint density at radius 1 is 0.923 bits per heavy atom. The fourth-order valence-electron chi connectivity index (χ4n) is 2.19. The number of hydrogen-bond donors (Lipinski definition) is 1. The minimum atomic E-state index is 0.155. The molecule has 0 fully saturated rings. The SMILES string of the molecule is CC.CC.CCPc1c(C)cc(C(C)=O)cc1C.Cc1ccccc1S. The van der Waals surface area contributed by atoms with Crippen molar-refractivity contribution in [1.82, 2.24) is 0 Å². The molecule has 1 unspecified atom stereocenters. The van der Waals surface area contributed by atoms with Gasteiger partial charge < -0.3 is 0 Å². The van der Waals surface area contributed by atoms with E-state index in [-0.39, 0.29) is 5.78 Å². The highest BCUT2D eigenvalue weighted by atomic mass is 32.1. The quantitative estimate of drug-likeness (QED) is 0.333. The van der Waals surface area contributed by atoms with Crippen LogP contribution in [0, 0.1) is 20.8 Å². The molecule has 0 radical (unpaired) electrons. The lowest BCUT2D eigenvalue weighted by Crippen LogP contribution is -2.08. The largest absolute Gasteiger partial charge is 0.295 e. The standard InChI is InChI=1S/C12H17OP.C7H8S.2C2H6/c1-5-14-12-8(2)6-11(10(4)13)7-9(12)3;1-6-4-2-3-5-7(6)8;2*1-2/h6-7,14H,5H2,1-4H3;2-5,8H,1H3;2*1-2H3. The Morgan fingerprint density at radius 3 is 1.69 bits per heavy atom. The summed E-state index contributed by atoms with van der Waals surface area (Å²) < 4.78 is 0. The molecule has 0 saturated heterocycles. The predicted octanol–water partition coefficient (Wildman–Crippen LogP) is 7.17. The molecule has 1 nitrogen and oxygen atoms in total. The normalized spacial score (nSPS) is 9.31. The number of rotatable bonds is 3. The van der Waals surface area contributed by atoms with E-state index in [0.29, 0.717) is 0 Å². The van der Waals surface area contributed by atoms with Gasteiger partial charge in [-0.15, -0.1) is 12.6 Å². The van der Waals surface area contributed by atoms with Gasteiger partial charge in [-0.2, -0.15) is 0 Å². The number of ketones is 1. The average molecular weight is 393 g/mol. The summed E-state index contributed by atoms with van der Waals surface area (Å²) in [5, 5.41) is 1.43. The van der Waals surface area contributed by atoms with Gasteiger partial charge in [-0.3, -0.25) is 4.79 Å². The number of carbonyl (C=O) groups is 1. The van der Waals surface area contributed by atoms with Gasteiger partial charge >= 0.3 is 0 Å². The van der Waals surface area contributed by atoms with Gasteiger partial charge in [-0.05, 0) is 74.1 Å². The van der Waals surface area contributed by atoms with E-state index in [9.17, 15) is 4.79 Å². The lowest BCUT2D eigenvalue weighted by molar-refractivity contribution is 0.101. The molecule has 0 aliphatic rings. The summed E-state index contributed by atoms with van der Waals surface area (Å²) in [6.45, 7) is 18.0. The number of Topliss-reactive ketones (excluding diaryl/α,β-unsaturated/α-hetero) is 1. The van der Waals surface area contributed by atoms with Crippen molar-refractivity contribution in [2.75, 3.05) is 6.16 Å². The number of benzene rings is 2. The second-order valence-corrected chi connectivity index (χ2v) is 7.40. The molecular weight excluding hydrogens is 355 g/mol. The minimum absolute atomic E-state index is 0.155. The van der Waals surface area contributed by atoms with Crippen molar-refractivity contribution >= 4 is 32.3 Å². The van der Waals surface area contributed by atoms with Gasteiger partial charge in [-0.25, -0.2) is 0 Å². The van der Waals surface area contributed by atoms with E-state index in [2.05, 4.69) is 33.4 Å². The van der Waals surface area contributed by atoms with Gasteiger partial charge in [0.25, 0.3) is 0 Å². The Labute approximate surface area is 169 Å². The fraction of sp³-hybridized carbons (Fsp3) is 0.435. The Bertz CT molecular complexity index is 606. The molecule has 1 atom stereocenters. The third kappa shape index (κ3) is 10.1. The maximum Gasteiger partial charge on any atom is 0.159 e. The summed E-state index contributed by atoms with van der Waals surface area (Å²) in [6, 6.07) is 12.0. The zero-order valence-corrected chi connectivity index (χ0v) is 19.9. The second-order valence-electron chi connectivity index (χ2n) is 5.36. The number of aryl methyl sites for hydroxylation is 3. The highest BCUT2D eigenvalue weighted by molar-refractivity contribution is 7.80. The van der Waals surface area contributed by atoms with Gasteiger partial charge in [0.05, 0.1) is 0 Å². The maximum atomic E-state index is 11.2. The lowest BCUT2D eigenvalue weighted by Gasteiger charge is -2.10. The molecular formula is C23H37OPS. The molecule has 2 aromatic carbocycles. The average Bonchev–Trinajstić information content (AvgIpc) is 2.64. The van der Waals surface area contributed by atoms with Crippen LogP contribution in [-0.2, 0) is 0 Å². The predicted molar refractivity (Wildman–Crippen MR) is 126 cm³/mol. The third-order valence-electron chi connectivity index (χ3n) is 3.41. The van der Waals surface area contributed by atoms with Crippen LogP contribution in [0.25, 0.3) is 0 Å². The van der Waals surface area contributed by atoms with E-state index < -0.39 is 0 Å². The molecule has 0 heterocycles. The van der Waals surface area contributed by atoms with Crippen LogP contribution in [0.2, 0.25) is 0 Å². The topological polar surface area (TPSA) is 17.1 Å². The van der Waals surface area contributed by atoms with Crippen LogP contribution >= 0.6 is 21.2 Å². The van der Waals surface area contributed by atoms with Gasteiger partial charge in [0.15, 0.2) is 5.78 Å². The molecule has 0 saturated carbocycles.